The first-order valence-corrected chi connectivity index (χ1v) is 10.8. The molecular formula is C25H21ClFN3O3. The van der Waals surface area contributed by atoms with Crippen molar-refractivity contribution in [2.75, 3.05) is 29.0 Å². The molecule has 2 aliphatic rings. The zero-order valence-electron chi connectivity index (χ0n) is 18.0. The van der Waals surface area contributed by atoms with Crippen LogP contribution in [-0.4, -0.2) is 32.0 Å². The lowest BCUT2D eigenvalue weighted by Crippen LogP contribution is -2.37. The SMILES string of the molecule is CN(C)c1ccc([C@@H]2[C@@H]3C(=O)N(c4ccc(F)cc4)C(=O)[C@H]3ON2c2ccc(Cl)cc2)cc1. The van der Waals surface area contributed by atoms with Crippen molar-refractivity contribution in [1.82, 2.24) is 0 Å². The highest BCUT2D eigenvalue weighted by Crippen LogP contribution is 2.47. The van der Waals surface area contributed by atoms with Crippen LogP contribution >= 0.6 is 11.6 Å². The first kappa shape index (κ1) is 21.4. The Labute approximate surface area is 195 Å². The molecule has 8 heteroatoms. The highest BCUT2D eigenvalue weighted by molar-refractivity contribution is 6.30. The average molecular weight is 466 g/mol. The molecule has 3 atom stereocenters. The van der Waals surface area contributed by atoms with Crippen LogP contribution in [0, 0.1) is 11.7 Å². The largest absolute Gasteiger partial charge is 0.378 e. The Morgan fingerprint density at radius 1 is 0.848 bits per heavy atom. The van der Waals surface area contributed by atoms with E-state index in [1.165, 1.54) is 24.3 Å². The van der Waals surface area contributed by atoms with Crippen molar-refractivity contribution in [3.63, 3.8) is 0 Å². The molecule has 0 radical (unpaired) electrons. The number of fused-ring (bicyclic) bond motifs is 1. The van der Waals surface area contributed by atoms with Crippen LogP contribution < -0.4 is 14.9 Å². The van der Waals surface area contributed by atoms with Crippen LogP contribution in [0.5, 0.6) is 0 Å². The fraction of sp³-hybridized carbons (Fsp3) is 0.200. The van der Waals surface area contributed by atoms with Gasteiger partial charge < -0.3 is 4.90 Å². The predicted octanol–water partition coefficient (Wildman–Crippen LogP) is 4.60. The molecule has 0 aliphatic carbocycles. The van der Waals surface area contributed by atoms with E-state index in [2.05, 4.69) is 0 Å². The van der Waals surface area contributed by atoms with Gasteiger partial charge in [-0.05, 0) is 66.2 Å². The van der Waals surface area contributed by atoms with E-state index in [4.69, 9.17) is 16.4 Å². The van der Waals surface area contributed by atoms with Crippen molar-refractivity contribution in [2.45, 2.75) is 12.1 Å². The summed E-state index contributed by atoms with van der Waals surface area (Å²) in [6.45, 7) is 0. The third kappa shape index (κ3) is 3.63. The van der Waals surface area contributed by atoms with Gasteiger partial charge in [-0.2, -0.15) is 0 Å². The van der Waals surface area contributed by atoms with E-state index in [1.54, 1.807) is 29.3 Å². The van der Waals surface area contributed by atoms with Crippen LogP contribution in [-0.2, 0) is 14.4 Å². The van der Waals surface area contributed by atoms with E-state index in [0.29, 0.717) is 16.4 Å². The quantitative estimate of drug-likeness (QED) is 0.527. The maximum absolute atomic E-state index is 13.5. The minimum Gasteiger partial charge on any atom is -0.378 e. The lowest BCUT2D eigenvalue weighted by atomic mass is 9.90. The summed E-state index contributed by atoms with van der Waals surface area (Å²) >= 11 is 6.05. The average Bonchev–Trinajstić information content (AvgIpc) is 3.31. The van der Waals surface area contributed by atoms with Crippen LogP contribution in [0.15, 0.2) is 72.8 Å². The van der Waals surface area contributed by atoms with Crippen molar-refractivity contribution in [1.29, 1.82) is 0 Å². The Hall–Kier alpha value is -3.42. The van der Waals surface area contributed by atoms with Crippen LogP contribution in [0.2, 0.25) is 5.02 Å². The maximum atomic E-state index is 13.5. The number of rotatable bonds is 4. The molecule has 0 aromatic heterocycles. The summed E-state index contributed by atoms with van der Waals surface area (Å²) in [4.78, 5) is 36.0. The second kappa shape index (κ2) is 8.17. The molecule has 3 aromatic carbocycles. The van der Waals surface area contributed by atoms with Crippen molar-refractivity contribution in [3.8, 4) is 0 Å². The van der Waals surface area contributed by atoms with E-state index < -0.39 is 29.8 Å². The Bertz CT molecular complexity index is 1200. The Morgan fingerprint density at radius 2 is 1.45 bits per heavy atom. The predicted molar refractivity (Wildman–Crippen MR) is 125 cm³/mol. The lowest BCUT2D eigenvalue weighted by molar-refractivity contribution is -0.126. The van der Waals surface area contributed by atoms with Crippen LogP contribution in [0.4, 0.5) is 21.5 Å². The molecule has 3 aromatic rings. The van der Waals surface area contributed by atoms with Gasteiger partial charge in [0, 0.05) is 24.8 Å². The Kier molecular flexibility index (Phi) is 5.31. The summed E-state index contributed by atoms with van der Waals surface area (Å²) in [6, 6.07) is 19.6. The third-order valence-corrected chi connectivity index (χ3v) is 6.28. The number of amides is 2. The van der Waals surface area contributed by atoms with Crippen molar-refractivity contribution >= 4 is 40.5 Å². The zero-order chi connectivity index (χ0) is 23.3. The van der Waals surface area contributed by atoms with Crippen molar-refractivity contribution in [2.24, 2.45) is 5.92 Å². The van der Waals surface area contributed by atoms with E-state index in [9.17, 15) is 14.0 Å². The summed E-state index contributed by atoms with van der Waals surface area (Å²) in [7, 11) is 3.90. The molecule has 2 aliphatic heterocycles. The van der Waals surface area contributed by atoms with E-state index in [1.807, 2.05) is 43.3 Å². The Morgan fingerprint density at radius 3 is 2.06 bits per heavy atom. The molecule has 33 heavy (non-hydrogen) atoms. The van der Waals surface area contributed by atoms with Gasteiger partial charge in [-0.3, -0.25) is 14.4 Å². The number of carbonyl (C=O) groups excluding carboxylic acids is 2. The molecule has 2 fully saturated rings. The van der Waals surface area contributed by atoms with Crippen LogP contribution in [0.25, 0.3) is 0 Å². The fourth-order valence-electron chi connectivity index (χ4n) is 4.38. The minimum absolute atomic E-state index is 0.323. The Balaban J connectivity index is 1.57. The van der Waals surface area contributed by atoms with Crippen molar-refractivity contribution in [3.05, 3.63) is 89.2 Å². The highest BCUT2D eigenvalue weighted by Gasteiger charge is 2.60. The second-order valence-electron chi connectivity index (χ2n) is 8.27. The molecule has 0 bridgehead atoms. The summed E-state index contributed by atoms with van der Waals surface area (Å²) in [5.41, 5.74) is 2.85. The van der Waals surface area contributed by atoms with Crippen molar-refractivity contribution < 1.29 is 18.8 Å². The topological polar surface area (TPSA) is 53.1 Å². The van der Waals surface area contributed by atoms with E-state index in [-0.39, 0.29) is 5.91 Å². The third-order valence-electron chi connectivity index (χ3n) is 6.03. The maximum Gasteiger partial charge on any atom is 0.266 e. The molecule has 0 N–H and O–H groups in total. The normalized spacial score (nSPS) is 22.1. The smallest absolute Gasteiger partial charge is 0.266 e. The molecule has 0 unspecified atom stereocenters. The summed E-state index contributed by atoms with van der Waals surface area (Å²) in [6.07, 6.45) is -0.989. The molecule has 6 nitrogen and oxygen atoms in total. The highest BCUT2D eigenvalue weighted by atomic mass is 35.5. The summed E-state index contributed by atoms with van der Waals surface area (Å²) < 4.78 is 13.4. The first-order chi connectivity index (χ1) is 15.8. The van der Waals surface area contributed by atoms with E-state index >= 15 is 0 Å². The molecule has 0 saturated carbocycles. The van der Waals surface area contributed by atoms with Gasteiger partial charge in [-0.1, -0.05) is 23.7 Å². The van der Waals surface area contributed by atoms with E-state index in [0.717, 1.165) is 16.2 Å². The zero-order valence-corrected chi connectivity index (χ0v) is 18.7. The molecule has 0 spiro atoms. The number of nitrogens with zero attached hydrogens (tertiary/aromatic N) is 3. The van der Waals surface area contributed by atoms with Gasteiger partial charge in [0.05, 0.1) is 17.4 Å². The molecule has 168 valence electrons. The summed E-state index contributed by atoms with van der Waals surface area (Å²) in [5.74, 6) is -2.05. The van der Waals surface area contributed by atoms with Gasteiger partial charge in [-0.25, -0.2) is 14.4 Å². The van der Waals surface area contributed by atoms with Gasteiger partial charge in [0.15, 0.2) is 6.10 Å². The first-order valence-electron chi connectivity index (χ1n) is 10.5. The second-order valence-corrected chi connectivity index (χ2v) is 8.71. The molecule has 2 saturated heterocycles. The monoisotopic (exact) mass is 465 g/mol. The number of benzene rings is 3. The van der Waals surface area contributed by atoms with Gasteiger partial charge in [-0.15, -0.1) is 0 Å². The molecular weight excluding hydrogens is 445 g/mol. The molecule has 5 rings (SSSR count). The number of hydrogen-bond donors (Lipinski definition) is 0. The standard InChI is InChI=1S/C25H21ClFN3O3/c1-28(2)18-9-3-15(4-10-18)22-21-23(33-30(22)20-11-5-16(26)6-12-20)25(32)29(24(21)31)19-13-7-17(27)8-14-19/h3-14,21-23H,1-2H3/t21-,22+,23-/m0/s1. The number of anilines is 3. The van der Waals surface area contributed by atoms with Gasteiger partial charge in [0.25, 0.3) is 5.91 Å². The number of hydrogen-bond acceptors (Lipinski definition) is 5. The number of imide groups is 1. The fourth-order valence-corrected chi connectivity index (χ4v) is 4.51. The van der Waals surface area contributed by atoms with Gasteiger partial charge >= 0.3 is 0 Å². The number of hydroxylamine groups is 1. The molecule has 2 amide bonds. The van der Waals surface area contributed by atoms with Crippen LogP contribution in [0.1, 0.15) is 11.6 Å². The summed E-state index contributed by atoms with van der Waals surface area (Å²) in [5, 5.41) is 2.19. The number of halogens is 2. The minimum atomic E-state index is -0.989. The number of carbonyl (C=O) groups is 2. The molecule has 2 heterocycles. The lowest BCUT2D eigenvalue weighted by Gasteiger charge is -2.29. The van der Waals surface area contributed by atoms with Crippen LogP contribution in [0.3, 0.4) is 0 Å². The van der Waals surface area contributed by atoms with Gasteiger partial charge in [0.2, 0.25) is 5.91 Å². The van der Waals surface area contributed by atoms with Gasteiger partial charge in [0.1, 0.15) is 11.7 Å².